The first-order chi connectivity index (χ1) is 8.89. The Bertz CT molecular complexity index is 377. The molecule has 0 radical (unpaired) electrons. The van der Waals surface area contributed by atoms with Gasteiger partial charge in [-0.2, -0.15) is 0 Å². The van der Waals surface area contributed by atoms with Gasteiger partial charge in [0.25, 0.3) is 0 Å². The van der Waals surface area contributed by atoms with Gasteiger partial charge in [-0.25, -0.2) is 13.1 Å². The average Bonchev–Trinajstić information content (AvgIpc) is 2.35. The molecule has 0 unspecified atom stereocenters. The van der Waals surface area contributed by atoms with E-state index in [4.69, 9.17) is 15.6 Å². The predicted molar refractivity (Wildman–Crippen MR) is 70.2 cm³/mol. The normalized spacial score (nSPS) is 24.3. The Hall–Kier alpha value is -0.700. The first kappa shape index (κ1) is 16.4. The Balaban J connectivity index is 2.11. The van der Waals surface area contributed by atoms with Gasteiger partial charge >= 0.3 is 5.97 Å². The molecule has 4 N–H and O–H groups in total. The summed E-state index contributed by atoms with van der Waals surface area (Å²) in [7, 11) is -3.52. The van der Waals surface area contributed by atoms with Crippen LogP contribution in [0.2, 0.25) is 0 Å². The molecular formula is C11H22N2O5S. The molecule has 0 aromatic heterocycles. The van der Waals surface area contributed by atoms with Crippen LogP contribution >= 0.6 is 0 Å². The minimum absolute atomic E-state index is 0.156. The third kappa shape index (κ3) is 7.46. The molecule has 1 fully saturated rings. The Morgan fingerprint density at radius 1 is 1.32 bits per heavy atom. The minimum Gasteiger partial charge on any atom is -0.481 e. The molecule has 0 saturated heterocycles. The van der Waals surface area contributed by atoms with E-state index in [-0.39, 0.29) is 18.7 Å². The fourth-order valence-electron chi connectivity index (χ4n) is 1.97. The Labute approximate surface area is 113 Å². The summed E-state index contributed by atoms with van der Waals surface area (Å²) in [4.78, 5) is 10.3. The van der Waals surface area contributed by atoms with Crippen LogP contribution in [0.1, 0.15) is 32.1 Å². The van der Waals surface area contributed by atoms with E-state index in [9.17, 15) is 13.2 Å². The Kier molecular flexibility index (Phi) is 6.70. The van der Waals surface area contributed by atoms with Crippen LogP contribution in [0.3, 0.4) is 0 Å². The van der Waals surface area contributed by atoms with Gasteiger partial charge in [0.05, 0.1) is 24.9 Å². The molecule has 1 aliphatic carbocycles. The van der Waals surface area contributed by atoms with E-state index in [0.717, 1.165) is 25.7 Å². The molecule has 0 atom stereocenters. The number of nitrogens with one attached hydrogen (secondary N) is 1. The third-order valence-corrected chi connectivity index (χ3v) is 4.47. The van der Waals surface area contributed by atoms with Crippen molar-refractivity contribution in [2.45, 2.75) is 44.2 Å². The SMILES string of the molecule is NC1CCC(OCCNS(=O)(=O)CCC(=O)O)CC1. The third-order valence-electron chi connectivity index (χ3n) is 3.08. The number of aliphatic carboxylic acids is 1. The van der Waals surface area contributed by atoms with E-state index in [1.807, 2.05) is 0 Å². The van der Waals surface area contributed by atoms with E-state index in [0.29, 0.717) is 6.61 Å². The molecule has 0 amide bonds. The monoisotopic (exact) mass is 294 g/mol. The fourth-order valence-corrected chi connectivity index (χ4v) is 2.95. The van der Waals surface area contributed by atoms with Gasteiger partial charge in [-0.15, -0.1) is 0 Å². The van der Waals surface area contributed by atoms with Gasteiger partial charge in [0.2, 0.25) is 10.0 Å². The summed E-state index contributed by atoms with van der Waals surface area (Å²) < 4.78 is 30.6. The average molecular weight is 294 g/mol. The molecule has 112 valence electrons. The van der Waals surface area contributed by atoms with E-state index in [1.54, 1.807) is 0 Å². The van der Waals surface area contributed by atoms with Crippen LogP contribution in [0.4, 0.5) is 0 Å². The predicted octanol–water partition coefficient (Wildman–Crippen LogP) is -0.333. The molecule has 0 heterocycles. The van der Waals surface area contributed by atoms with Gasteiger partial charge in [0.1, 0.15) is 0 Å². The van der Waals surface area contributed by atoms with Crippen LogP contribution in [0.5, 0.6) is 0 Å². The fraction of sp³-hybridized carbons (Fsp3) is 0.909. The summed E-state index contributed by atoms with van der Waals surface area (Å²) in [6.07, 6.45) is 3.46. The summed E-state index contributed by atoms with van der Waals surface area (Å²) in [6.45, 7) is 0.469. The number of ether oxygens (including phenoxy) is 1. The van der Waals surface area contributed by atoms with Crippen LogP contribution in [-0.2, 0) is 19.6 Å². The van der Waals surface area contributed by atoms with E-state index < -0.39 is 28.2 Å². The number of sulfonamides is 1. The molecule has 1 rings (SSSR count). The topological polar surface area (TPSA) is 119 Å². The van der Waals surface area contributed by atoms with Crippen molar-refractivity contribution in [3.63, 3.8) is 0 Å². The maximum Gasteiger partial charge on any atom is 0.304 e. The van der Waals surface area contributed by atoms with Gasteiger partial charge in [-0.3, -0.25) is 4.79 Å². The highest BCUT2D eigenvalue weighted by Gasteiger charge is 2.19. The zero-order valence-corrected chi connectivity index (χ0v) is 11.7. The zero-order chi connectivity index (χ0) is 14.3. The molecule has 0 aromatic rings. The molecule has 0 spiro atoms. The highest BCUT2D eigenvalue weighted by Crippen LogP contribution is 2.19. The standard InChI is InChI=1S/C11H22N2O5S/c12-9-1-3-10(4-2-9)18-7-6-13-19(16,17)8-5-11(14)15/h9-10,13H,1-8,12H2,(H,14,15). The molecule has 0 aromatic carbocycles. The van der Waals surface area contributed by atoms with E-state index in [2.05, 4.69) is 4.72 Å². The van der Waals surface area contributed by atoms with Crippen molar-refractivity contribution >= 4 is 16.0 Å². The smallest absolute Gasteiger partial charge is 0.304 e. The molecule has 7 nitrogen and oxygen atoms in total. The lowest BCUT2D eigenvalue weighted by Gasteiger charge is -2.26. The summed E-state index contributed by atoms with van der Waals surface area (Å²) in [5, 5.41) is 8.41. The Morgan fingerprint density at radius 2 is 1.95 bits per heavy atom. The number of carbonyl (C=O) groups is 1. The lowest BCUT2D eigenvalue weighted by molar-refractivity contribution is -0.136. The van der Waals surface area contributed by atoms with Crippen LogP contribution in [-0.4, -0.2) is 50.5 Å². The van der Waals surface area contributed by atoms with Crippen molar-refractivity contribution < 1.29 is 23.1 Å². The quantitative estimate of drug-likeness (QED) is 0.527. The van der Waals surface area contributed by atoms with Crippen molar-refractivity contribution in [1.82, 2.24) is 4.72 Å². The van der Waals surface area contributed by atoms with Crippen molar-refractivity contribution in [3.8, 4) is 0 Å². The summed E-state index contributed by atoms with van der Waals surface area (Å²) >= 11 is 0. The first-order valence-electron chi connectivity index (χ1n) is 6.45. The summed E-state index contributed by atoms with van der Waals surface area (Å²) in [5.41, 5.74) is 5.77. The maximum absolute atomic E-state index is 11.4. The van der Waals surface area contributed by atoms with Gasteiger partial charge in [-0.05, 0) is 25.7 Å². The largest absolute Gasteiger partial charge is 0.481 e. The van der Waals surface area contributed by atoms with E-state index in [1.165, 1.54) is 0 Å². The zero-order valence-electron chi connectivity index (χ0n) is 10.9. The highest BCUT2D eigenvalue weighted by atomic mass is 32.2. The highest BCUT2D eigenvalue weighted by molar-refractivity contribution is 7.89. The van der Waals surface area contributed by atoms with Crippen molar-refractivity contribution in [1.29, 1.82) is 0 Å². The van der Waals surface area contributed by atoms with Gasteiger partial charge in [0, 0.05) is 12.6 Å². The van der Waals surface area contributed by atoms with Gasteiger partial charge < -0.3 is 15.6 Å². The molecule has 0 aliphatic heterocycles. The van der Waals surface area contributed by atoms with Crippen LogP contribution in [0.25, 0.3) is 0 Å². The molecule has 1 saturated carbocycles. The number of hydrogen-bond acceptors (Lipinski definition) is 5. The number of rotatable bonds is 8. The van der Waals surface area contributed by atoms with Crippen LogP contribution in [0.15, 0.2) is 0 Å². The maximum atomic E-state index is 11.4. The lowest BCUT2D eigenvalue weighted by Crippen LogP contribution is -2.34. The second-order valence-corrected chi connectivity index (χ2v) is 6.69. The van der Waals surface area contributed by atoms with Gasteiger partial charge in [-0.1, -0.05) is 0 Å². The van der Waals surface area contributed by atoms with Crippen molar-refractivity contribution in [2.75, 3.05) is 18.9 Å². The van der Waals surface area contributed by atoms with Gasteiger partial charge in [0.15, 0.2) is 0 Å². The second-order valence-electron chi connectivity index (χ2n) is 4.76. The second kappa shape index (κ2) is 7.78. The van der Waals surface area contributed by atoms with Crippen LogP contribution in [0, 0.1) is 0 Å². The molecular weight excluding hydrogens is 272 g/mol. The summed E-state index contributed by atoms with van der Waals surface area (Å²) in [6, 6.07) is 0.259. The molecule has 0 bridgehead atoms. The van der Waals surface area contributed by atoms with Crippen molar-refractivity contribution in [2.24, 2.45) is 5.73 Å². The number of hydrogen-bond donors (Lipinski definition) is 3. The Morgan fingerprint density at radius 3 is 2.53 bits per heavy atom. The molecule has 8 heteroatoms. The number of nitrogens with two attached hydrogens (primary N) is 1. The lowest BCUT2D eigenvalue weighted by atomic mass is 9.94. The first-order valence-corrected chi connectivity index (χ1v) is 8.10. The summed E-state index contributed by atoms with van der Waals surface area (Å²) in [5.74, 6) is -1.53. The number of carboxylic acid groups (broad SMARTS) is 1. The minimum atomic E-state index is -3.52. The number of carboxylic acids is 1. The molecule has 19 heavy (non-hydrogen) atoms. The van der Waals surface area contributed by atoms with E-state index >= 15 is 0 Å². The van der Waals surface area contributed by atoms with Crippen molar-refractivity contribution in [3.05, 3.63) is 0 Å². The van der Waals surface area contributed by atoms with Crippen LogP contribution < -0.4 is 10.5 Å². The molecule has 1 aliphatic rings.